The van der Waals surface area contributed by atoms with E-state index in [9.17, 15) is 0 Å². The Hall–Kier alpha value is -3.78. The minimum atomic E-state index is 0.763. The molecule has 0 unspecified atom stereocenters. The standard InChI is InChI=1S/C23H22N8/c1-30-8-10-31(11-9-30)20-4-7-25-22-17(20)13-19(27-22)21-18-12-16(14-26-23(18)29-28-21)15-2-5-24-6-3-15/h2-7,12-14H,8-11H2,1H3,(H,25,27)(H,26,28,29). The van der Waals surface area contributed by atoms with E-state index < -0.39 is 0 Å². The summed E-state index contributed by atoms with van der Waals surface area (Å²) in [6.07, 6.45) is 7.32. The van der Waals surface area contributed by atoms with Gasteiger partial charge in [-0.1, -0.05) is 0 Å². The molecule has 0 amide bonds. The number of nitrogens with zero attached hydrogens (tertiary/aromatic N) is 6. The van der Waals surface area contributed by atoms with Crippen LogP contribution in [-0.2, 0) is 0 Å². The molecule has 1 aliphatic heterocycles. The van der Waals surface area contributed by atoms with Gasteiger partial charge in [-0.25, -0.2) is 9.97 Å². The summed E-state index contributed by atoms with van der Waals surface area (Å²) in [4.78, 5) is 21.5. The monoisotopic (exact) mass is 410 g/mol. The van der Waals surface area contributed by atoms with Gasteiger partial charge in [0.1, 0.15) is 11.3 Å². The van der Waals surface area contributed by atoms with E-state index in [1.165, 1.54) is 5.69 Å². The lowest BCUT2D eigenvalue weighted by Gasteiger charge is -2.34. The Morgan fingerprint density at radius 3 is 2.52 bits per heavy atom. The fraction of sp³-hybridized carbons (Fsp3) is 0.217. The highest BCUT2D eigenvalue weighted by atomic mass is 15.2. The number of H-pyrrole nitrogens is 2. The first-order chi connectivity index (χ1) is 15.3. The van der Waals surface area contributed by atoms with E-state index in [-0.39, 0.29) is 0 Å². The molecule has 154 valence electrons. The first-order valence-electron chi connectivity index (χ1n) is 10.4. The first kappa shape index (κ1) is 18.0. The Balaban J connectivity index is 1.44. The summed E-state index contributed by atoms with van der Waals surface area (Å²) in [6.45, 7) is 4.16. The molecule has 5 aromatic heterocycles. The lowest BCUT2D eigenvalue weighted by Crippen LogP contribution is -2.44. The predicted molar refractivity (Wildman–Crippen MR) is 122 cm³/mol. The predicted octanol–water partition coefficient (Wildman–Crippen LogP) is 3.32. The van der Waals surface area contributed by atoms with Gasteiger partial charge in [0, 0.05) is 73.0 Å². The van der Waals surface area contributed by atoms with E-state index in [0.29, 0.717) is 0 Å². The second-order valence-corrected chi connectivity index (χ2v) is 7.99. The third kappa shape index (κ3) is 3.12. The van der Waals surface area contributed by atoms with Crippen LogP contribution in [-0.4, -0.2) is 68.3 Å². The van der Waals surface area contributed by atoms with Gasteiger partial charge in [-0.3, -0.25) is 10.1 Å². The number of nitrogens with one attached hydrogen (secondary N) is 2. The molecular weight excluding hydrogens is 388 g/mol. The smallest absolute Gasteiger partial charge is 0.155 e. The Labute approximate surface area is 179 Å². The Morgan fingerprint density at radius 2 is 1.68 bits per heavy atom. The fourth-order valence-electron chi connectivity index (χ4n) is 4.27. The molecule has 31 heavy (non-hydrogen) atoms. The van der Waals surface area contributed by atoms with Crippen molar-refractivity contribution in [1.29, 1.82) is 0 Å². The topological polar surface area (TPSA) is 89.6 Å². The number of rotatable bonds is 3. The number of hydrogen-bond acceptors (Lipinski definition) is 6. The molecule has 5 aromatic rings. The van der Waals surface area contributed by atoms with E-state index in [1.807, 2.05) is 24.5 Å². The molecule has 0 aromatic carbocycles. The van der Waals surface area contributed by atoms with Crippen LogP contribution in [0.15, 0.2) is 55.1 Å². The third-order valence-corrected chi connectivity index (χ3v) is 6.04. The maximum atomic E-state index is 4.57. The molecule has 6 rings (SSSR count). The van der Waals surface area contributed by atoms with Crippen LogP contribution in [0.25, 0.3) is 44.6 Å². The van der Waals surface area contributed by atoms with Crippen molar-refractivity contribution in [2.24, 2.45) is 0 Å². The lowest BCUT2D eigenvalue weighted by molar-refractivity contribution is 0.313. The van der Waals surface area contributed by atoms with Crippen molar-refractivity contribution in [3.63, 3.8) is 0 Å². The highest BCUT2D eigenvalue weighted by Gasteiger charge is 2.19. The van der Waals surface area contributed by atoms with E-state index in [2.05, 4.69) is 65.2 Å². The first-order valence-corrected chi connectivity index (χ1v) is 10.4. The normalized spacial score (nSPS) is 15.2. The number of aromatic amines is 2. The molecule has 0 bridgehead atoms. The van der Waals surface area contributed by atoms with Crippen LogP contribution in [0.5, 0.6) is 0 Å². The van der Waals surface area contributed by atoms with Crippen LogP contribution in [0.3, 0.4) is 0 Å². The highest BCUT2D eigenvalue weighted by Crippen LogP contribution is 2.33. The second-order valence-electron chi connectivity index (χ2n) is 7.99. The van der Waals surface area contributed by atoms with Crippen molar-refractivity contribution in [1.82, 2.24) is 35.0 Å². The number of piperazine rings is 1. The summed E-state index contributed by atoms with van der Waals surface area (Å²) in [5.74, 6) is 0. The summed E-state index contributed by atoms with van der Waals surface area (Å²) < 4.78 is 0. The largest absolute Gasteiger partial charge is 0.368 e. The highest BCUT2D eigenvalue weighted by molar-refractivity contribution is 5.98. The Bertz CT molecular complexity index is 1360. The minimum absolute atomic E-state index is 0.763. The number of likely N-dealkylation sites (N-methyl/N-ethyl adjacent to an activating group) is 1. The maximum Gasteiger partial charge on any atom is 0.155 e. The van der Waals surface area contributed by atoms with Crippen LogP contribution in [0.1, 0.15) is 0 Å². The van der Waals surface area contributed by atoms with Crippen molar-refractivity contribution in [3.05, 3.63) is 55.1 Å². The van der Waals surface area contributed by atoms with E-state index in [4.69, 9.17) is 0 Å². The number of aromatic nitrogens is 6. The molecule has 6 heterocycles. The quantitative estimate of drug-likeness (QED) is 0.474. The minimum Gasteiger partial charge on any atom is -0.368 e. The van der Waals surface area contributed by atoms with Crippen molar-refractivity contribution < 1.29 is 0 Å². The van der Waals surface area contributed by atoms with E-state index in [0.717, 1.165) is 70.8 Å². The van der Waals surface area contributed by atoms with Crippen LogP contribution in [0.4, 0.5) is 5.69 Å². The molecule has 0 atom stereocenters. The van der Waals surface area contributed by atoms with E-state index in [1.54, 1.807) is 12.4 Å². The molecule has 1 aliphatic rings. The van der Waals surface area contributed by atoms with Gasteiger partial charge in [-0.15, -0.1) is 0 Å². The number of fused-ring (bicyclic) bond motifs is 2. The maximum absolute atomic E-state index is 4.57. The van der Waals surface area contributed by atoms with Gasteiger partial charge in [0.15, 0.2) is 5.65 Å². The zero-order valence-corrected chi connectivity index (χ0v) is 17.2. The molecule has 0 saturated carbocycles. The van der Waals surface area contributed by atoms with Gasteiger partial charge < -0.3 is 14.8 Å². The summed E-state index contributed by atoms with van der Waals surface area (Å²) >= 11 is 0. The van der Waals surface area contributed by atoms with Crippen LogP contribution in [0.2, 0.25) is 0 Å². The van der Waals surface area contributed by atoms with Crippen LogP contribution < -0.4 is 4.90 Å². The third-order valence-electron chi connectivity index (χ3n) is 6.04. The Morgan fingerprint density at radius 1 is 0.839 bits per heavy atom. The van der Waals surface area contributed by atoms with E-state index >= 15 is 0 Å². The van der Waals surface area contributed by atoms with Crippen molar-refractivity contribution in [2.45, 2.75) is 0 Å². The van der Waals surface area contributed by atoms with Crippen molar-refractivity contribution in [3.8, 4) is 22.5 Å². The number of anilines is 1. The summed E-state index contributed by atoms with van der Waals surface area (Å²) in [5.41, 5.74) is 6.75. The fourth-order valence-corrected chi connectivity index (χ4v) is 4.27. The molecule has 1 saturated heterocycles. The van der Waals surface area contributed by atoms with Gasteiger partial charge in [0.25, 0.3) is 0 Å². The molecule has 8 nitrogen and oxygen atoms in total. The zero-order chi connectivity index (χ0) is 20.8. The average Bonchev–Trinajstić information content (AvgIpc) is 3.43. The molecule has 2 N–H and O–H groups in total. The molecule has 0 radical (unpaired) electrons. The van der Waals surface area contributed by atoms with Gasteiger partial charge in [-0.2, -0.15) is 5.10 Å². The zero-order valence-electron chi connectivity index (χ0n) is 17.2. The van der Waals surface area contributed by atoms with Gasteiger partial charge in [0.2, 0.25) is 0 Å². The number of hydrogen-bond donors (Lipinski definition) is 2. The average molecular weight is 410 g/mol. The van der Waals surface area contributed by atoms with Crippen molar-refractivity contribution in [2.75, 3.05) is 38.1 Å². The lowest BCUT2D eigenvalue weighted by atomic mass is 10.1. The Kier molecular flexibility index (Phi) is 4.17. The second kappa shape index (κ2) is 7.17. The van der Waals surface area contributed by atoms with Gasteiger partial charge in [0.05, 0.1) is 5.69 Å². The molecule has 0 spiro atoms. The van der Waals surface area contributed by atoms with Gasteiger partial charge in [-0.05, 0) is 42.9 Å². The van der Waals surface area contributed by atoms with Gasteiger partial charge >= 0.3 is 0 Å². The van der Waals surface area contributed by atoms with Crippen molar-refractivity contribution >= 4 is 27.8 Å². The summed E-state index contributed by atoms with van der Waals surface area (Å²) in [6, 6.07) is 10.4. The summed E-state index contributed by atoms with van der Waals surface area (Å²) in [5, 5.41) is 9.73. The number of pyridine rings is 3. The molecule has 8 heteroatoms. The van der Waals surface area contributed by atoms with Crippen LogP contribution >= 0.6 is 0 Å². The molecular formula is C23H22N8. The SMILES string of the molecule is CN1CCN(c2ccnc3[nH]c(-c4n[nH]c5ncc(-c6ccncc6)cc45)cc23)CC1. The molecule has 1 fully saturated rings. The molecule has 0 aliphatic carbocycles. The summed E-state index contributed by atoms with van der Waals surface area (Å²) in [7, 11) is 2.17. The van der Waals surface area contributed by atoms with Crippen LogP contribution in [0, 0.1) is 0 Å².